The molecule has 234 valence electrons. The van der Waals surface area contributed by atoms with Crippen molar-refractivity contribution in [3.05, 3.63) is 0 Å². The van der Waals surface area contributed by atoms with Gasteiger partial charge < -0.3 is 67.1 Å². The second-order valence-corrected chi connectivity index (χ2v) is 7.83. The minimum Gasteiger partial charge on any atom is -0.501 e. The fourth-order valence-electron chi connectivity index (χ4n) is 2.96. The molecule has 40 heavy (non-hydrogen) atoms. The molecule has 0 aliphatic carbocycles. The van der Waals surface area contributed by atoms with Crippen molar-refractivity contribution >= 4 is 0 Å². The monoisotopic (exact) mass is 582 g/mol. The highest BCUT2D eigenvalue weighted by Crippen LogP contribution is 2.57. The SMILES string of the molecule is COCCOCCOc1c(O)c(OCCOCCOC)c(OCCOCCOC)c(O)c1OCCOCCOC. The number of methoxy groups -OCH3 is 4. The quantitative estimate of drug-likeness (QED) is 0.108. The first-order valence-corrected chi connectivity index (χ1v) is 13.0. The zero-order chi connectivity index (χ0) is 29.3. The van der Waals surface area contributed by atoms with E-state index in [1.807, 2.05) is 0 Å². The van der Waals surface area contributed by atoms with Crippen LogP contribution < -0.4 is 18.9 Å². The number of ether oxygens (including phenoxy) is 12. The highest BCUT2D eigenvalue weighted by molar-refractivity contribution is 5.72. The summed E-state index contributed by atoms with van der Waals surface area (Å²) >= 11 is 0. The van der Waals surface area contributed by atoms with E-state index in [-0.39, 0.29) is 75.9 Å². The predicted molar refractivity (Wildman–Crippen MR) is 143 cm³/mol. The van der Waals surface area contributed by atoms with Gasteiger partial charge in [0.1, 0.15) is 26.4 Å². The lowest BCUT2D eigenvalue weighted by Gasteiger charge is -2.21. The Morgan fingerprint density at radius 1 is 0.325 bits per heavy atom. The van der Waals surface area contributed by atoms with Gasteiger partial charge in [-0.25, -0.2) is 0 Å². The molecule has 1 aromatic carbocycles. The molecule has 0 heterocycles. The molecule has 0 radical (unpaired) electrons. The van der Waals surface area contributed by atoms with Crippen molar-refractivity contribution in [2.45, 2.75) is 0 Å². The first kappa shape index (κ1) is 35.7. The standard InChI is InChI=1S/C26H46O14/c1-29-5-9-33-13-17-37-23-21(27)25(39-19-15-35-11-7-31-3)26(40-20-16-36-12-8-32-4)22(28)24(23)38-18-14-34-10-6-30-2/h27-28H,5-20H2,1-4H3. The second kappa shape index (κ2) is 24.5. The van der Waals surface area contributed by atoms with E-state index in [4.69, 9.17) is 56.8 Å². The third kappa shape index (κ3) is 14.9. The number of benzene rings is 1. The van der Waals surface area contributed by atoms with Crippen LogP contribution in [0, 0.1) is 0 Å². The van der Waals surface area contributed by atoms with Crippen LogP contribution in [0.3, 0.4) is 0 Å². The number of aromatic hydroxyl groups is 2. The van der Waals surface area contributed by atoms with Crippen molar-refractivity contribution in [1.29, 1.82) is 0 Å². The Kier molecular flexibility index (Phi) is 21.9. The molecule has 0 amide bonds. The summed E-state index contributed by atoms with van der Waals surface area (Å²) < 4.78 is 64.6. The number of phenolic OH excluding ortho intramolecular Hbond substituents is 2. The van der Waals surface area contributed by atoms with E-state index in [0.717, 1.165) is 0 Å². The Hall–Kier alpha value is -2.30. The van der Waals surface area contributed by atoms with Crippen molar-refractivity contribution in [2.75, 3.05) is 134 Å². The summed E-state index contributed by atoms with van der Waals surface area (Å²) in [4.78, 5) is 0. The van der Waals surface area contributed by atoms with Gasteiger partial charge in [0.15, 0.2) is 0 Å². The zero-order valence-electron chi connectivity index (χ0n) is 24.1. The van der Waals surface area contributed by atoms with Gasteiger partial charge in [0.2, 0.25) is 34.5 Å². The van der Waals surface area contributed by atoms with Crippen molar-refractivity contribution in [2.24, 2.45) is 0 Å². The maximum atomic E-state index is 11.2. The summed E-state index contributed by atoms with van der Waals surface area (Å²) in [6.07, 6.45) is 0. The molecule has 0 spiro atoms. The van der Waals surface area contributed by atoms with Crippen LogP contribution in [0.15, 0.2) is 0 Å². The third-order valence-electron chi connectivity index (χ3n) is 4.90. The van der Waals surface area contributed by atoms with Crippen LogP contribution in [0.5, 0.6) is 34.5 Å². The molecule has 0 unspecified atom stereocenters. The van der Waals surface area contributed by atoms with Gasteiger partial charge in [-0.05, 0) is 0 Å². The lowest BCUT2D eigenvalue weighted by atomic mass is 10.2. The van der Waals surface area contributed by atoms with Crippen LogP contribution in [0.2, 0.25) is 0 Å². The van der Waals surface area contributed by atoms with E-state index < -0.39 is 11.5 Å². The molecule has 1 rings (SSSR count). The first-order valence-electron chi connectivity index (χ1n) is 13.0. The van der Waals surface area contributed by atoms with E-state index in [9.17, 15) is 10.2 Å². The highest BCUT2D eigenvalue weighted by atomic mass is 16.6. The number of hydrogen-bond acceptors (Lipinski definition) is 14. The number of phenols is 2. The maximum absolute atomic E-state index is 11.2. The van der Waals surface area contributed by atoms with Crippen LogP contribution in [-0.2, 0) is 37.9 Å². The maximum Gasteiger partial charge on any atom is 0.211 e. The molecule has 0 saturated heterocycles. The second-order valence-electron chi connectivity index (χ2n) is 7.83. The molecule has 0 fully saturated rings. The Morgan fingerprint density at radius 3 is 0.725 bits per heavy atom. The van der Waals surface area contributed by atoms with Gasteiger partial charge in [-0.2, -0.15) is 0 Å². The minimum atomic E-state index is -0.419. The molecule has 1 aromatic rings. The van der Waals surface area contributed by atoms with Gasteiger partial charge >= 0.3 is 0 Å². The molecule has 0 aliphatic heterocycles. The third-order valence-corrected chi connectivity index (χ3v) is 4.90. The summed E-state index contributed by atoms with van der Waals surface area (Å²) in [6.45, 7) is 4.16. The molecule has 0 saturated carbocycles. The van der Waals surface area contributed by atoms with Crippen LogP contribution in [0.1, 0.15) is 0 Å². The van der Waals surface area contributed by atoms with Crippen molar-refractivity contribution in [1.82, 2.24) is 0 Å². The van der Waals surface area contributed by atoms with Gasteiger partial charge in [0.25, 0.3) is 0 Å². The molecule has 14 nitrogen and oxygen atoms in total. The molecule has 0 atom stereocenters. The number of rotatable bonds is 28. The minimum absolute atomic E-state index is 0.0462. The first-order chi connectivity index (χ1) is 19.6. The van der Waals surface area contributed by atoms with Gasteiger partial charge in [0, 0.05) is 28.4 Å². The molecule has 0 aliphatic rings. The normalized spacial score (nSPS) is 11.1. The molecule has 2 N–H and O–H groups in total. The van der Waals surface area contributed by atoms with Crippen molar-refractivity contribution < 1.29 is 67.1 Å². The van der Waals surface area contributed by atoms with Crippen LogP contribution in [0.4, 0.5) is 0 Å². The number of hydrogen-bond donors (Lipinski definition) is 2. The average Bonchev–Trinajstić information content (AvgIpc) is 2.96. The van der Waals surface area contributed by atoms with Gasteiger partial charge in [-0.1, -0.05) is 0 Å². The lowest BCUT2D eigenvalue weighted by Crippen LogP contribution is -2.15. The molecular formula is C26H46O14. The fourth-order valence-corrected chi connectivity index (χ4v) is 2.96. The Labute approximate surface area is 236 Å². The molecule has 14 heteroatoms. The Morgan fingerprint density at radius 2 is 0.525 bits per heavy atom. The fraction of sp³-hybridized carbons (Fsp3) is 0.769. The van der Waals surface area contributed by atoms with E-state index in [0.29, 0.717) is 52.9 Å². The topological polar surface area (TPSA) is 151 Å². The average molecular weight is 583 g/mol. The summed E-state index contributed by atoms with van der Waals surface area (Å²) in [7, 11) is 6.29. The summed E-state index contributed by atoms with van der Waals surface area (Å²) in [5, 5.41) is 22.3. The van der Waals surface area contributed by atoms with E-state index in [2.05, 4.69) is 0 Å². The predicted octanol–water partition coefficient (Wildman–Crippen LogP) is 1.27. The van der Waals surface area contributed by atoms with Crippen LogP contribution in [-0.4, -0.2) is 144 Å². The Bertz CT molecular complexity index is 631. The van der Waals surface area contributed by atoms with Crippen molar-refractivity contribution in [3.8, 4) is 34.5 Å². The highest BCUT2D eigenvalue weighted by Gasteiger charge is 2.29. The molecule has 0 bridgehead atoms. The summed E-state index contributed by atoms with van der Waals surface area (Å²) in [6, 6.07) is 0. The smallest absolute Gasteiger partial charge is 0.211 e. The molecule has 0 aromatic heterocycles. The summed E-state index contributed by atoms with van der Waals surface area (Å²) in [5.74, 6) is -1.38. The zero-order valence-corrected chi connectivity index (χ0v) is 24.1. The van der Waals surface area contributed by atoms with Crippen molar-refractivity contribution in [3.63, 3.8) is 0 Å². The Balaban J connectivity index is 3.11. The van der Waals surface area contributed by atoms with E-state index in [1.165, 1.54) is 0 Å². The largest absolute Gasteiger partial charge is 0.501 e. The summed E-state index contributed by atoms with van der Waals surface area (Å²) in [5.41, 5.74) is 0. The van der Waals surface area contributed by atoms with E-state index in [1.54, 1.807) is 28.4 Å². The van der Waals surface area contributed by atoms with Gasteiger partial charge in [0.05, 0.1) is 79.3 Å². The van der Waals surface area contributed by atoms with Crippen LogP contribution in [0.25, 0.3) is 0 Å². The van der Waals surface area contributed by atoms with Gasteiger partial charge in [-0.3, -0.25) is 0 Å². The lowest BCUT2D eigenvalue weighted by molar-refractivity contribution is 0.0457. The van der Waals surface area contributed by atoms with E-state index >= 15 is 0 Å². The molecular weight excluding hydrogens is 536 g/mol. The van der Waals surface area contributed by atoms with Crippen LogP contribution >= 0.6 is 0 Å². The van der Waals surface area contributed by atoms with Gasteiger partial charge in [-0.15, -0.1) is 0 Å².